The highest BCUT2D eigenvalue weighted by molar-refractivity contribution is 14.1. The predicted molar refractivity (Wildman–Crippen MR) is 108 cm³/mol. The number of methoxy groups -OCH3 is 2. The van der Waals surface area contributed by atoms with Gasteiger partial charge in [-0.15, -0.1) is 0 Å². The lowest BCUT2D eigenvalue weighted by Gasteiger charge is -2.47. The van der Waals surface area contributed by atoms with Crippen LogP contribution in [0.5, 0.6) is 0 Å². The molecule has 5 heteroatoms. The van der Waals surface area contributed by atoms with Crippen molar-refractivity contribution in [2.45, 2.75) is 50.5 Å². The van der Waals surface area contributed by atoms with Crippen LogP contribution in [0.1, 0.15) is 55.3 Å². The third-order valence-electron chi connectivity index (χ3n) is 6.09. The first-order valence-electron chi connectivity index (χ1n) is 9.27. The summed E-state index contributed by atoms with van der Waals surface area (Å²) in [5.41, 5.74) is 1.89. The summed E-state index contributed by atoms with van der Waals surface area (Å²) in [6, 6.07) is 6.00. The van der Waals surface area contributed by atoms with Crippen LogP contribution in [-0.4, -0.2) is 38.9 Å². The zero-order valence-electron chi connectivity index (χ0n) is 15.2. The smallest absolute Gasteiger partial charge is 0.338 e. The van der Waals surface area contributed by atoms with E-state index in [1.165, 1.54) is 44.9 Å². The Kier molecular flexibility index (Phi) is 6.25. The van der Waals surface area contributed by atoms with E-state index in [0.29, 0.717) is 5.56 Å². The minimum Gasteiger partial charge on any atom is -0.465 e. The molecule has 1 aromatic rings. The fourth-order valence-electron chi connectivity index (χ4n) is 4.53. The summed E-state index contributed by atoms with van der Waals surface area (Å²) < 4.78 is 11.9. The molecule has 0 spiro atoms. The van der Waals surface area contributed by atoms with Gasteiger partial charge in [-0.3, -0.25) is 0 Å². The standard InChI is InChI=1S/C20H28INO3/c1-24-19(23)17-9-8-16(14-18(17)21)22-12-10-20(25-2,11-13-22)15-6-4-3-5-7-15/h8-9,14-15H,3-7,10-13H2,1-2H3. The fraction of sp³-hybridized carbons (Fsp3) is 0.650. The molecule has 3 rings (SSSR count). The molecule has 0 aromatic heterocycles. The molecule has 0 amide bonds. The van der Waals surface area contributed by atoms with E-state index in [9.17, 15) is 4.79 Å². The van der Waals surface area contributed by atoms with Crippen molar-refractivity contribution >= 4 is 34.2 Å². The zero-order chi connectivity index (χ0) is 17.9. The van der Waals surface area contributed by atoms with E-state index in [0.717, 1.165) is 35.4 Å². The van der Waals surface area contributed by atoms with E-state index in [4.69, 9.17) is 9.47 Å². The molecule has 1 aromatic carbocycles. The summed E-state index contributed by atoms with van der Waals surface area (Å²) >= 11 is 2.22. The molecule has 0 bridgehead atoms. The van der Waals surface area contributed by atoms with Gasteiger partial charge < -0.3 is 14.4 Å². The third kappa shape index (κ3) is 3.97. The normalized spacial score (nSPS) is 21.2. The maximum Gasteiger partial charge on any atom is 0.338 e. The van der Waals surface area contributed by atoms with E-state index in [-0.39, 0.29) is 11.6 Å². The second kappa shape index (κ2) is 8.25. The van der Waals surface area contributed by atoms with Crippen molar-refractivity contribution in [3.63, 3.8) is 0 Å². The van der Waals surface area contributed by atoms with Crippen LogP contribution in [0, 0.1) is 9.49 Å². The van der Waals surface area contributed by atoms with E-state index in [2.05, 4.69) is 33.6 Å². The van der Waals surface area contributed by atoms with Crippen LogP contribution in [0.3, 0.4) is 0 Å². The number of carbonyl (C=O) groups excluding carboxylic acids is 1. The second-order valence-electron chi connectivity index (χ2n) is 7.25. The Hall–Kier alpha value is -0.820. The van der Waals surface area contributed by atoms with Gasteiger partial charge >= 0.3 is 5.97 Å². The molecule has 25 heavy (non-hydrogen) atoms. The number of carbonyl (C=O) groups is 1. The average Bonchev–Trinajstić information content (AvgIpc) is 2.68. The number of rotatable bonds is 4. The van der Waals surface area contributed by atoms with Crippen LogP contribution >= 0.6 is 22.6 Å². The summed E-state index contributed by atoms with van der Waals surface area (Å²) in [4.78, 5) is 14.2. The van der Waals surface area contributed by atoms with Crippen molar-refractivity contribution in [2.75, 3.05) is 32.2 Å². The van der Waals surface area contributed by atoms with E-state index in [1.54, 1.807) is 0 Å². The second-order valence-corrected chi connectivity index (χ2v) is 8.41. The van der Waals surface area contributed by atoms with Crippen LogP contribution in [0.15, 0.2) is 18.2 Å². The minimum absolute atomic E-state index is 0.0655. The Morgan fingerprint density at radius 3 is 2.40 bits per heavy atom. The summed E-state index contributed by atoms with van der Waals surface area (Å²) in [7, 11) is 3.32. The summed E-state index contributed by atoms with van der Waals surface area (Å²) in [6.45, 7) is 2.02. The summed E-state index contributed by atoms with van der Waals surface area (Å²) in [5.74, 6) is 0.445. The molecule has 0 atom stereocenters. The molecule has 4 nitrogen and oxygen atoms in total. The highest BCUT2D eigenvalue weighted by Crippen LogP contribution is 2.42. The SMILES string of the molecule is COC(=O)c1ccc(N2CCC(OC)(C3CCCCC3)CC2)cc1I. The Morgan fingerprint density at radius 1 is 1.16 bits per heavy atom. The van der Waals surface area contributed by atoms with Gasteiger partial charge in [0.15, 0.2) is 0 Å². The first kappa shape index (κ1) is 19.0. The molecule has 0 unspecified atom stereocenters. The molecule has 2 aliphatic rings. The van der Waals surface area contributed by atoms with Gasteiger partial charge in [-0.1, -0.05) is 19.3 Å². The maximum atomic E-state index is 11.8. The van der Waals surface area contributed by atoms with Crippen molar-refractivity contribution in [3.8, 4) is 0 Å². The maximum absolute atomic E-state index is 11.8. The summed E-state index contributed by atoms with van der Waals surface area (Å²) in [6.07, 6.45) is 8.90. The molecule has 1 saturated heterocycles. The molecule has 0 N–H and O–H groups in total. The molecule has 1 aliphatic carbocycles. The number of piperidine rings is 1. The third-order valence-corrected chi connectivity index (χ3v) is 6.98. The molecule has 0 radical (unpaired) electrons. The largest absolute Gasteiger partial charge is 0.465 e. The van der Waals surface area contributed by atoms with Gasteiger partial charge in [-0.2, -0.15) is 0 Å². The Balaban J connectivity index is 1.69. The number of ether oxygens (including phenoxy) is 2. The average molecular weight is 457 g/mol. The van der Waals surface area contributed by atoms with Gasteiger partial charge in [0.05, 0.1) is 18.3 Å². The molecular weight excluding hydrogens is 429 g/mol. The highest BCUT2D eigenvalue weighted by atomic mass is 127. The number of nitrogens with zero attached hydrogens (tertiary/aromatic N) is 1. The highest BCUT2D eigenvalue weighted by Gasteiger charge is 2.42. The number of esters is 1. The van der Waals surface area contributed by atoms with Crippen LogP contribution in [0.25, 0.3) is 0 Å². The fourth-order valence-corrected chi connectivity index (χ4v) is 5.25. The Morgan fingerprint density at radius 2 is 1.84 bits per heavy atom. The van der Waals surface area contributed by atoms with Gasteiger partial charge in [0.1, 0.15) is 0 Å². The number of hydrogen-bond acceptors (Lipinski definition) is 4. The molecule has 138 valence electrons. The quantitative estimate of drug-likeness (QED) is 0.488. The minimum atomic E-state index is -0.273. The monoisotopic (exact) mass is 457 g/mol. The van der Waals surface area contributed by atoms with Crippen LogP contribution < -0.4 is 4.90 Å². The van der Waals surface area contributed by atoms with Crippen molar-refractivity contribution in [1.29, 1.82) is 0 Å². The number of benzene rings is 1. The molecule has 1 saturated carbocycles. The van der Waals surface area contributed by atoms with Crippen LogP contribution in [0.2, 0.25) is 0 Å². The van der Waals surface area contributed by atoms with Gasteiger partial charge in [0, 0.05) is 29.5 Å². The first-order chi connectivity index (χ1) is 12.1. The molecule has 2 fully saturated rings. The number of hydrogen-bond donors (Lipinski definition) is 0. The summed E-state index contributed by atoms with van der Waals surface area (Å²) in [5, 5.41) is 0. The number of anilines is 1. The Bertz CT molecular complexity index is 605. The first-order valence-corrected chi connectivity index (χ1v) is 10.4. The lowest BCUT2D eigenvalue weighted by atomic mass is 9.72. The van der Waals surface area contributed by atoms with Crippen molar-refractivity contribution in [2.24, 2.45) is 5.92 Å². The lowest BCUT2D eigenvalue weighted by molar-refractivity contribution is -0.0856. The van der Waals surface area contributed by atoms with Gasteiger partial charge in [-0.25, -0.2) is 4.79 Å². The van der Waals surface area contributed by atoms with Gasteiger partial charge in [0.25, 0.3) is 0 Å². The Labute approximate surface area is 164 Å². The van der Waals surface area contributed by atoms with Crippen molar-refractivity contribution in [1.82, 2.24) is 0 Å². The molecular formula is C20H28INO3. The predicted octanol–water partition coefficient (Wildman–Crippen LogP) is 4.64. The molecule has 1 heterocycles. The zero-order valence-corrected chi connectivity index (χ0v) is 17.4. The number of halogens is 1. The van der Waals surface area contributed by atoms with Crippen molar-refractivity contribution in [3.05, 3.63) is 27.3 Å². The van der Waals surface area contributed by atoms with E-state index in [1.807, 2.05) is 19.2 Å². The molecule has 1 aliphatic heterocycles. The van der Waals surface area contributed by atoms with Crippen LogP contribution in [0.4, 0.5) is 5.69 Å². The van der Waals surface area contributed by atoms with Gasteiger partial charge in [0.2, 0.25) is 0 Å². The lowest BCUT2D eigenvalue weighted by Crippen LogP contribution is -2.50. The topological polar surface area (TPSA) is 38.8 Å². The van der Waals surface area contributed by atoms with E-state index < -0.39 is 0 Å². The van der Waals surface area contributed by atoms with Crippen molar-refractivity contribution < 1.29 is 14.3 Å². The van der Waals surface area contributed by atoms with Crippen LogP contribution in [-0.2, 0) is 9.47 Å². The van der Waals surface area contributed by atoms with Gasteiger partial charge in [-0.05, 0) is 72.4 Å². The van der Waals surface area contributed by atoms with E-state index >= 15 is 0 Å².